The van der Waals surface area contributed by atoms with Crippen molar-refractivity contribution in [1.29, 1.82) is 0 Å². The van der Waals surface area contributed by atoms with Gasteiger partial charge in [0.1, 0.15) is 0 Å². The van der Waals surface area contributed by atoms with E-state index in [0.717, 1.165) is 32.0 Å². The maximum Gasteiger partial charge on any atom is 0.224 e. The molecule has 1 fully saturated rings. The molecule has 1 rings (SSSR count). The quantitative estimate of drug-likeness (QED) is 0.599. The molecule has 15 heavy (non-hydrogen) atoms. The Balaban J connectivity index is 1.95. The number of rotatable bonds is 8. The van der Waals surface area contributed by atoms with Crippen LogP contribution in [-0.2, 0) is 4.79 Å². The molecule has 0 spiro atoms. The molecule has 0 aromatic heterocycles. The fraction of sp³-hybridized carbons (Fsp3) is 0.917. The number of nitrogens with one attached hydrogen (secondary N) is 2. The Morgan fingerprint density at radius 2 is 2.20 bits per heavy atom. The molecule has 1 amide bonds. The monoisotopic (exact) mass is 212 g/mol. The van der Waals surface area contributed by atoms with Crippen LogP contribution in [0.1, 0.15) is 39.5 Å². The van der Waals surface area contributed by atoms with E-state index in [9.17, 15) is 4.79 Å². The Kier molecular flexibility index (Phi) is 5.69. The van der Waals surface area contributed by atoms with Crippen molar-refractivity contribution in [3.8, 4) is 0 Å². The molecule has 1 saturated carbocycles. The molecule has 0 bridgehead atoms. The Morgan fingerprint density at radius 1 is 1.47 bits per heavy atom. The van der Waals surface area contributed by atoms with E-state index in [1.807, 2.05) is 6.92 Å². The van der Waals surface area contributed by atoms with E-state index in [0.29, 0.717) is 0 Å². The summed E-state index contributed by atoms with van der Waals surface area (Å²) in [6.07, 6.45) is 5.25. The van der Waals surface area contributed by atoms with Crippen molar-refractivity contribution in [2.24, 2.45) is 11.8 Å². The van der Waals surface area contributed by atoms with Crippen LogP contribution in [0.3, 0.4) is 0 Å². The van der Waals surface area contributed by atoms with E-state index in [2.05, 4.69) is 17.6 Å². The van der Waals surface area contributed by atoms with Gasteiger partial charge in [-0.05, 0) is 25.3 Å². The molecule has 88 valence electrons. The van der Waals surface area contributed by atoms with E-state index < -0.39 is 0 Å². The van der Waals surface area contributed by atoms with Gasteiger partial charge in [-0.2, -0.15) is 0 Å². The van der Waals surface area contributed by atoms with Crippen LogP contribution in [0.2, 0.25) is 0 Å². The first-order valence-corrected chi connectivity index (χ1v) is 6.22. The summed E-state index contributed by atoms with van der Waals surface area (Å²) in [4.78, 5) is 11.6. The fourth-order valence-electron chi connectivity index (χ4n) is 1.64. The second-order valence-corrected chi connectivity index (χ2v) is 4.59. The van der Waals surface area contributed by atoms with Gasteiger partial charge in [-0.1, -0.05) is 26.7 Å². The van der Waals surface area contributed by atoms with Crippen LogP contribution in [0.4, 0.5) is 0 Å². The van der Waals surface area contributed by atoms with E-state index >= 15 is 0 Å². The third kappa shape index (κ3) is 5.78. The molecule has 3 heteroatoms. The van der Waals surface area contributed by atoms with Crippen LogP contribution >= 0.6 is 0 Å². The van der Waals surface area contributed by atoms with Gasteiger partial charge in [-0.3, -0.25) is 4.79 Å². The topological polar surface area (TPSA) is 41.1 Å². The van der Waals surface area contributed by atoms with Gasteiger partial charge in [0.25, 0.3) is 0 Å². The second-order valence-electron chi connectivity index (χ2n) is 4.59. The zero-order valence-corrected chi connectivity index (χ0v) is 10.0. The molecule has 0 aliphatic heterocycles. The normalized spacial score (nSPS) is 17.5. The molecule has 2 N–H and O–H groups in total. The lowest BCUT2D eigenvalue weighted by Crippen LogP contribution is -2.35. The van der Waals surface area contributed by atoms with Gasteiger partial charge in [-0.15, -0.1) is 0 Å². The van der Waals surface area contributed by atoms with Gasteiger partial charge in [0.05, 0.1) is 0 Å². The average molecular weight is 212 g/mol. The predicted octanol–water partition coefficient (Wildman–Crippen LogP) is 1.54. The summed E-state index contributed by atoms with van der Waals surface area (Å²) in [5.41, 5.74) is 0. The van der Waals surface area contributed by atoms with Crippen molar-refractivity contribution in [3.05, 3.63) is 0 Å². The SMILES string of the molecule is CCNCC(C)C(=O)NCCCC1CC1. The van der Waals surface area contributed by atoms with Gasteiger partial charge in [0.15, 0.2) is 0 Å². The zero-order valence-electron chi connectivity index (χ0n) is 10.0. The lowest BCUT2D eigenvalue weighted by Gasteiger charge is -2.12. The highest BCUT2D eigenvalue weighted by Gasteiger charge is 2.20. The Bertz CT molecular complexity index is 190. The van der Waals surface area contributed by atoms with Gasteiger partial charge in [0.2, 0.25) is 5.91 Å². The number of hydrogen-bond donors (Lipinski definition) is 2. The maximum absolute atomic E-state index is 11.6. The van der Waals surface area contributed by atoms with Crippen molar-refractivity contribution >= 4 is 5.91 Å². The zero-order chi connectivity index (χ0) is 11.1. The van der Waals surface area contributed by atoms with Gasteiger partial charge < -0.3 is 10.6 Å². The lowest BCUT2D eigenvalue weighted by molar-refractivity contribution is -0.124. The standard InChI is InChI=1S/C12H24N2O/c1-3-13-9-10(2)12(15)14-8-4-5-11-6-7-11/h10-11,13H,3-9H2,1-2H3,(H,14,15). The van der Waals surface area contributed by atoms with Crippen LogP contribution in [0.25, 0.3) is 0 Å². The van der Waals surface area contributed by atoms with Crippen LogP contribution in [0.5, 0.6) is 0 Å². The molecule has 0 aromatic carbocycles. The first kappa shape index (κ1) is 12.5. The Hall–Kier alpha value is -0.570. The second kappa shape index (κ2) is 6.83. The predicted molar refractivity (Wildman–Crippen MR) is 62.7 cm³/mol. The minimum absolute atomic E-state index is 0.0888. The number of amides is 1. The summed E-state index contributed by atoms with van der Waals surface area (Å²) in [6.45, 7) is 6.59. The molecular weight excluding hydrogens is 188 g/mol. The average Bonchev–Trinajstić information content (AvgIpc) is 3.04. The molecule has 0 saturated heterocycles. The highest BCUT2D eigenvalue weighted by molar-refractivity contribution is 5.78. The van der Waals surface area contributed by atoms with Crippen molar-refractivity contribution < 1.29 is 4.79 Å². The van der Waals surface area contributed by atoms with Crippen molar-refractivity contribution in [2.75, 3.05) is 19.6 Å². The van der Waals surface area contributed by atoms with Crippen LogP contribution in [-0.4, -0.2) is 25.5 Å². The van der Waals surface area contributed by atoms with E-state index in [1.54, 1.807) is 0 Å². The van der Waals surface area contributed by atoms with E-state index in [4.69, 9.17) is 0 Å². The highest BCUT2D eigenvalue weighted by atomic mass is 16.1. The molecule has 0 aromatic rings. The highest BCUT2D eigenvalue weighted by Crippen LogP contribution is 2.33. The first-order valence-electron chi connectivity index (χ1n) is 6.22. The van der Waals surface area contributed by atoms with Crippen LogP contribution < -0.4 is 10.6 Å². The van der Waals surface area contributed by atoms with Gasteiger partial charge in [-0.25, -0.2) is 0 Å². The summed E-state index contributed by atoms with van der Waals surface area (Å²) in [5, 5.41) is 6.18. The fourth-order valence-corrected chi connectivity index (χ4v) is 1.64. The Morgan fingerprint density at radius 3 is 2.80 bits per heavy atom. The Labute approximate surface area is 93.0 Å². The van der Waals surface area contributed by atoms with Gasteiger partial charge >= 0.3 is 0 Å². The molecule has 0 radical (unpaired) electrons. The van der Waals surface area contributed by atoms with Crippen molar-refractivity contribution in [1.82, 2.24) is 10.6 Å². The summed E-state index contributed by atoms with van der Waals surface area (Å²) < 4.78 is 0. The maximum atomic E-state index is 11.6. The summed E-state index contributed by atoms with van der Waals surface area (Å²) in [6, 6.07) is 0. The molecule has 1 atom stereocenters. The third-order valence-electron chi connectivity index (χ3n) is 2.93. The third-order valence-corrected chi connectivity index (χ3v) is 2.93. The van der Waals surface area contributed by atoms with E-state index in [-0.39, 0.29) is 11.8 Å². The lowest BCUT2D eigenvalue weighted by atomic mass is 10.1. The number of carbonyl (C=O) groups is 1. The molecule has 1 aliphatic rings. The van der Waals surface area contributed by atoms with Crippen molar-refractivity contribution in [3.63, 3.8) is 0 Å². The van der Waals surface area contributed by atoms with Gasteiger partial charge in [0, 0.05) is 19.0 Å². The molecule has 1 unspecified atom stereocenters. The first-order chi connectivity index (χ1) is 7.24. The summed E-state index contributed by atoms with van der Waals surface area (Å²) in [5.74, 6) is 1.25. The molecule has 1 aliphatic carbocycles. The summed E-state index contributed by atoms with van der Waals surface area (Å²) >= 11 is 0. The van der Waals surface area contributed by atoms with Crippen LogP contribution in [0, 0.1) is 11.8 Å². The largest absolute Gasteiger partial charge is 0.356 e. The molecular formula is C12H24N2O. The number of hydrogen-bond acceptors (Lipinski definition) is 2. The summed E-state index contributed by atoms with van der Waals surface area (Å²) in [7, 11) is 0. The minimum Gasteiger partial charge on any atom is -0.356 e. The van der Waals surface area contributed by atoms with Crippen LogP contribution in [0.15, 0.2) is 0 Å². The number of carbonyl (C=O) groups excluding carboxylic acids is 1. The minimum atomic E-state index is 0.0888. The van der Waals surface area contributed by atoms with Crippen molar-refractivity contribution in [2.45, 2.75) is 39.5 Å². The smallest absolute Gasteiger partial charge is 0.224 e. The molecule has 0 heterocycles. The van der Waals surface area contributed by atoms with E-state index in [1.165, 1.54) is 19.3 Å². The molecule has 3 nitrogen and oxygen atoms in total.